The van der Waals surface area contributed by atoms with Gasteiger partial charge in [0.15, 0.2) is 0 Å². The van der Waals surface area contributed by atoms with Gasteiger partial charge in [0.05, 0.1) is 19.3 Å². The van der Waals surface area contributed by atoms with E-state index < -0.39 is 79.6 Å². The van der Waals surface area contributed by atoms with E-state index in [0.717, 1.165) is 0 Å². The second kappa shape index (κ2) is 10.2. The quantitative estimate of drug-likeness (QED) is 0.423. The van der Waals surface area contributed by atoms with E-state index in [1.54, 1.807) is 0 Å². The molecule has 0 aromatic heterocycles. The van der Waals surface area contributed by atoms with Crippen LogP contribution >= 0.6 is 0 Å². The fraction of sp³-hybridized carbons (Fsp3) is 1.00. The second-order valence-electron chi connectivity index (χ2n) is 4.98. The number of hydrogen-bond donors (Lipinski definition) is 0. The Labute approximate surface area is 148 Å². The summed E-state index contributed by atoms with van der Waals surface area (Å²) < 4.78 is 136. The van der Waals surface area contributed by atoms with Gasteiger partial charge in [-0.05, 0) is 0 Å². The first-order valence-corrected chi connectivity index (χ1v) is 7.25. The smallest absolute Gasteiger partial charge is 0.400 e. The van der Waals surface area contributed by atoms with Crippen LogP contribution in [0.3, 0.4) is 0 Å². The molecule has 18 heteroatoms. The van der Waals surface area contributed by atoms with Crippen LogP contribution in [0.5, 0.6) is 0 Å². The maximum atomic E-state index is 12.1. The average molecular weight is 420 g/mol. The summed E-state index contributed by atoms with van der Waals surface area (Å²) in [7, 11) is -5.77. The van der Waals surface area contributed by atoms with Gasteiger partial charge in [-0.15, -0.1) is 0 Å². The van der Waals surface area contributed by atoms with Crippen molar-refractivity contribution in [3.63, 3.8) is 0 Å². The lowest BCUT2D eigenvalue weighted by Crippen LogP contribution is -2.53. The fourth-order valence-corrected chi connectivity index (χ4v) is 1.42. The Morgan fingerprint density at radius 1 is 0.481 bits per heavy atom. The SMILES string of the molecule is FC(F)(F)CCOB1OB(OCCC(F)(F)F)OB(OCCC(F)(F)F)O1. The lowest BCUT2D eigenvalue weighted by molar-refractivity contribution is -0.141. The maximum Gasteiger partial charge on any atom is 0.615 e. The first-order chi connectivity index (χ1) is 12.2. The molecule has 0 amide bonds. The molecule has 0 saturated carbocycles. The molecule has 1 rings (SSSR count). The normalized spacial score (nSPS) is 17.0. The molecule has 0 radical (unpaired) electrons. The third-order valence-corrected chi connectivity index (χ3v) is 2.59. The second-order valence-corrected chi connectivity index (χ2v) is 4.98. The van der Waals surface area contributed by atoms with Crippen LogP contribution in [0.25, 0.3) is 0 Å². The summed E-state index contributed by atoms with van der Waals surface area (Å²) in [5, 5.41) is 0. The molecule has 0 aromatic carbocycles. The number of halogens is 9. The lowest BCUT2D eigenvalue weighted by atomic mass is 9.96. The van der Waals surface area contributed by atoms with Gasteiger partial charge >= 0.3 is 40.5 Å². The highest BCUT2D eigenvalue weighted by Crippen LogP contribution is 2.23. The highest BCUT2D eigenvalue weighted by molar-refractivity contribution is 6.66. The molecule has 1 fully saturated rings. The highest BCUT2D eigenvalue weighted by Gasteiger charge is 2.47. The van der Waals surface area contributed by atoms with Crippen LogP contribution in [0.2, 0.25) is 0 Å². The van der Waals surface area contributed by atoms with Crippen molar-refractivity contribution in [3.05, 3.63) is 0 Å². The first-order valence-electron chi connectivity index (χ1n) is 7.25. The van der Waals surface area contributed by atoms with E-state index in [4.69, 9.17) is 0 Å². The zero-order chi connectivity index (χ0) is 20.7. The predicted octanol–water partition coefficient (Wildman–Crippen LogP) is 2.91. The Morgan fingerprint density at radius 3 is 0.889 bits per heavy atom. The standard InChI is InChI=1S/C9H12B3F9O6/c13-7(14,15)1-4-22-10-25-11(23-5-2-8(16,17)18)27-12(26-10)24-6-3-9(19,20)21/h1-6H2. The monoisotopic (exact) mass is 420 g/mol. The minimum atomic E-state index is -4.57. The molecule has 27 heavy (non-hydrogen) atoms. The van der Waals surface area contributed by atoms with Crippen molar-refractivity contribution in [2.24, 2.45) is 0 Å². The van der Waals surface area contributed by atoms with Crippen molar-refractivity contribution in [3.8, 4) is 0 Å². The minimum Gasteiger partial charge on any atom is -0.400 e. The summed E-state index contributed by atoms with van der Waals surface area (Å²) in [5.41, 5.74) is 0. The summed E-state index contributed by atoms with van der Waals surface area (Å²) >= 11 is 0. The van der Waals surface area contributed by atoms with Gasteiger partial charge in [0.1, 0.15) is 0 Å². The van der Waals surface area contributed by atoms with Crippen molar-refractivity contribution in [2.45, 2.75) is 37.8 Å². The molecular weight excluding hydrogens is 408 g/mol. The molecule has 1 aliphatic rings. The van der Waals surface area contributed by atoms with Gasteiger partial charge in [-0.25, -0.2) is 0 Å². The van der Waals surface area contributed by atoms with Crippen LogP contribution < -0.4 is 0 Å². The number of hydrogen-bond acceptors (Lipinski definition) is 6. The van der Waals surface area contributed by atoms with Crippen LogP contribution in [0.15, 0.2) is 0 Å². The molecule has 6 nitrogen and oxygen atoms in total. The van der Waals surface area contributed by atoms with E-state index in [-0.39, 0.29) is 0 Å². The van der Waals surface area contributed by atoms with Crippen molar-refractivity contribution >= 4 is 22.0 Å². The average Bonchev–Trinajstić information content (AvgIpc) is 2.43. The van der Waals surface area contributed by atoms with Gasteiger partial charge in [-0.3, -0.25) is 0 Å². The summed E-state index contributed by atoms with van der Waals surface area (Å²) in [6.07, 6.45) is -17.9. The van der Waals surface area contributed by atoms with E-state index >= 15 is 0 Å². The van der Waals surface area contributed by atoms with Gasteiger partial charge in [-0.1, -0.05) is 0 Å². The van der Waals surface area contributed by atoms with E-state index in [0.29, 0.717) is 0 Å². The van der Waals surface area contributed by atoms with E-state index in [1.807, 2.05) is 0 Å². The molecular formula is C9H12B3F9O6. The molecule has 0 unspecified atom stereocenters. The fourth-order valence-electron chi connectivity index (χ4n) is 1.42. The molecule has 0 spiro atoms. The molecule has 0 N–H and O–H groups in total. The molecule has 1 heterocycles. The summed E-state index contributed by atoms with van der Waals surface area (Å²) in [6, 6.07) is 0. The van der Waals surface area contributed by atoms with Crippen molar-refractivity contribution in [1.29, 1.82) is 0 Å². The Morgan fingerprint density at radius 2 is 0.704 bits per heavy atom. The zero-order valence-corrected chi connectivity index (χ0v) is 13.3. The molecule has 0 bridgehead atoms. The summed E-state index contributed by atoms with van der Waals surface area (Å²) in [4.78, 5) is 0. The van der Waals surface area contributed by atoms with Crippen LogP contribution in [-0.4, -0.2) is 60.3 Å². The van der Waals surface area contributed by atoms with Crippen LogP contribution in [-0.2, 0) is 27.7 Å². The van der Waals surface area contributed by atoms with Gasteiger partial charge in [0, 0.05) is 19.8 Å². The van der Waals surface area contributed by atoms with Gasteiger partial charge in [0.25, 0.3) is 0 Å². The topological polar surface area (TPSA) is 55.4 Å². The van der Waals surface area contributed by atoms with Crippen LogP contribution in [0, 0.1) is 0 Å². The van der Waals surface area contributed by atoms with E-state index in [2.05, 4.69) is 27.7 Å². The molecule has 156 valence electrons. The van der Waals surface area contributed by atoms with Gasteiger partial charge in [0.2, 0.25) is 0 Å². The number of alkyl halides is 9. The molecule has 0 atom stereocenters. The van der Waals surface area contributed by atoms with E-state index in [9.17, 15) is 39.5 Å². The lowest BCUT2D eigenvalue weighted by Gasteiger charge is -2.28. The van der Waals surface area contributed by atoms with Crippen molar-refractivity contribution < 1.29 is 67.2 Å². The molecule has 1 saturated heterocycles. The largest absolute Gasteiger partial charge is 0.615 e. The number of rotatable bonds is 9. The minimum absolute atomic E-state index is 0.960. The van der Waals surface area contributed by atoms with Crippen LogP contribution in [0.1, 0.15) is 19.3 Å². The first kappa shape index (κ1) is 24.4. The van der Waals surface area contributed by atoms with Gasteiger partial charge in [-0.2, -0.15) is 39.5 Å². The Balaban J connectivity index is 2.51. The zero-order valence-electron chi connectivity index (χ0n) is 13.3. The summed E-state index contributed by atoms with van der Waals surface area (Å²) in [5.74, 6) is 0. The molecule has 1 aliphatic heterocycles. The Bertz CT molecular complexity index is 367. The van der Waals surface area contributed by atoms with Crippen LogP contribution in [0.4, 0.5) is 39.5 Å². The third-order valence-electron chi connectivity index (χ3n) is 2.59. The van der Waals surface area contributed by atoms with E-state index in [1.165, 1.54) is 0 Å². The van der Waals surface area contributed by atoms with Gasteiger partial charge < -0.3 is 27.7 Å². The molecule has 0 aliphatic carbocycles. The van der Waals surface area contributed by atoms with Crippen molar-refractivity contribution in [2.75, 3.05) is 19.8 Å². The third kappa shape index (κ3) is 13.2. The Kier molecular flexibility index (Phi) is 9.21. The highest BCUT2D eigenvalue weighted by atomic mass is 19.4. The van der Waals surface area contributed by atoms with Crippen molar-refractivity contribution in [1.82, 2.24) is 0 Å². The predicted molar refractivity (Wildman–Crippen MR) is 70.4 cm³/mol. The molecule has 0 aromatic rings. The maximum absolute atomic E-state index is 12.1. The Hall–Kier alpha value is -0.675. The summed E-state index contributed by atoms with van der Waals surface area (Å²) in [6.45, 7) is -2.88.